The monoisotopic (exact) mass is 1120 g/mol. The first-order valence-corrected chi connectivity index (χ1v) is 24.0. The number of ether oxygens (including phenoxy) is 2. The summed E-state index contributed by atoms with van der Waals surface area (Å²) in [5.41, 5.74) is 14.5. The first kappa shape index (κ1) is 45.2. The summed E-state index contributed by atoms with van der Waals surface area (Å²) in [6.45, 7) is 2.17. The zero-order valence-corrected chi connectivity index (χ0v) is 41.5. The summed E-state index contributed by atoms with van der Waals surface area (Å²) in [6.07, 6.45) is 1.80. The summed E-state index contributed by atoms with van der Waals surface area (Å²) in [5.74, 6) is 3.23. The van der Waals surface area contributed by atoms with Gasteiger partial charge < -0.3 is 23.8 Å². The Balaban J connectivity index is 0.00000543. The first-order chi connectivity index (χ1) is 35.7. The molecule has 0 aliphatic carbocycles. The number of rotatable bonds is 11. The molecule has 73 heavy (non-hydrogen) atoms. The number of hydrogen-bond acceptors (Lipinski definition) is 5. The second-order valence-electron chi connectivity index (χ2n) is 17.6. The Morgan fingerprint density at radius 2 is 0.932 bits per heavy atom. The fourth-order valence-corrected chi connectivity index (χ4v) is 9.95. The standard InChI is InChI=1S/C66H43N4O2.Pt/c1-5-20-46(21-6-1)54-31-18-32-55(47-22-7-2-8-23-47)65(54)69-45-68(61-36-15-16-37-62(61)69)50-28-17-29-51(42-50)71-52-38-39-59-58-30-13-14-35-60(58)70(63(59)43-52)64-44-53(40-41-67-64)72-66-56(48-24-9-3-10-25-48)33-19-34-57(66)49-26-11-4-12-27-49;/h1-41,44-45H;/q-3;. The number of para-hydroxylation sites is 5. The third kappa shape index (κ3) is 8.52. The third-order valence-corrected chi connectivity index (χ3v) is 13.2. The molecule has 0 spiro atoms. The Morgan fingerprint density at radius 1 is 0.411 bits per heavy atom. The van der Waals surface area contributed by atoms with Crippen molar-refractivity contribution >= 4 is 44.6 Å². The number of fused-ring (bicyclic) bond motifs is 4. The molecule has 10 aromatic carbocycles. The molecular formula is C66H43N4O2Pt-3. The Labute approximate surface area is 438 Å². The van der Waals surface area contributed by atoms with Gasteiger partial charge in [0.25, 0.3) is 0 Å². The van der Waals surface area contributed by atoms with Gasteiger partial charge in [-0.2, -0.15) is 12.1 Å². The van der Waals surface area contributed by atoms with Gasteiger partial charge in [0.2, 0.25) is 0 Å². The van der Waals surface area contributed by atoms with E-state index in [-0.39, 0.29) is 21.1 Å². The van der Waals surface area contributed by atoms with Gasteiger partial charge in [0.05, 0.1) is 0 Å². The fourth-order valence-electron chi connectivity index (χ4n) is 9.95. The van der Waals surface area contributed by atoms with Gasteiger partial charge in [-0.3, -0.25) is 0 Å². The molecule has 7 heteroatoms. The maximum atomic E-state index is 6.97. The molecule has 0 unspecified atom stereocenters. The van der Waals surface area contributed by atoms with Crippen molar-refractivity contribution in [2.24, 2.45) is 0 Å². The maximum Gasteiger partial charge on any atom is 0.143 e. The quantitative estimate of drug-likeness (QED) is 0.121. The molecule has 0 amide bonds. The van der Waals surface area contributed by atoms with Crippen molar-refractivity contribution in [2.75, 3.05) is 9.80 Å². The van der Waals surface area contributed by atoms with Crippen LogP contribution < -0.4 is 19.3 Å². The second kappa shape index (κ2) is 19.7. The SMILES string of the molecule is [Pt].[c-]1c(Oc2[c-]c3c(cc2)c2ccccc2n3-c2cc(Oc3c(-c4ccccc4)cccc3-c3ccccc3)ccn2)cccc1N1[CH-]N(c2c(-c3ccccc3)cccc2-c2ccccc2)c2ccccc21. The molecule has 0 bridgehead atoms. The van der Waals surface area contributed by atoms with E-state index in [1.165, 1.54) is 0 Å². The van der Waals surface area contributed by atoms with E-state index in [2.05, 4.69) is 239 Å². The van der Waals surface area contributed by atoms with Gasteiger partial charge in [0.15, 0.2) is 0 Å². The zero-order chi connectivity index (χ0) is 47.8. The van der Waals surface area contributed by atoms with Crippen LogP contribution in [0.3, 0.4) is 0 Å². The molecule has 2 aromatic heterocycles. The fraction of sp³-hybridized carbons (Fsp3) is 0. The van der Waals surface area contributed by atoms with E-state index in [0.29, 0.717) is 23.1 Å². The number of hydrogen-bond donors (Lipinski definition) is 0. The van der Waals surface area contributed by atoms with Gasteiger partial charge in [-0.15, -0.1) is 48.1 Å². The number of aromatic nitrogens is 2. The van der Waals surface area contributed by atoms with Gasteiger partial charge in [-0.05, 0) is 51.9 Å². The summed E-state index contributed by atoms with van der Waals surface area (Å²) in [7, 11) is 0. The molecule has 0 radical (unpaired) electrons. The third-order valence-electron chi connectivity index (χ3n) is 13.2. The van der Waals surface area contributed by atoms with Gasteiger partial charge in [0.1, 0.15) is 17.3 Å². The average molecular weight is 1120 g/mol. The molecule has 0 N–H and O–H groups in total. The van der Waals surface area contributed by atoms with Crippen molar-refractivity contribution in [3.63, 3.8) is 0 Å². The molecule has 12 aromatic rings. The molecule has 0 fully saturated rings. The van der Waals surface area contributed by atoms with Crippen molar-refractivity contribution in [3.8, 4) is 73.3 Å². The predicted molar refractivity (Wildman–Crippen MR) is 292 cm³/mol. The molecule has 352 valence electrons. The normalized spacial score (nSPS) is 11.9. The molecule has 0 saturated heterocycles. The smallest absolute Gasteiger partial charge is 0.143 e. The summed E-state index contributed by atoms with van der Waals surface area (Å²) in [4.78, 5) is 9.44. The van der Waals surface area contributed by atoms with Crippen LogP contribution in [0.15, 0.2) is 255 Å². The molecule has 3 heterocycles. The van der Waals surface area contributed by atoms with E-state index in [1.54, 1.807) is 6.20 Å². The van der Waals surface area contributed by atoms with Gasteiger partial charge in [0, 0.05) is 89.7 Å². The van der Waals surface area contributed by atoms with E-state index in [0.717, 1.165) is 94.8 Å². The Hall–Kier alpha value is -8.96. The first-order valence-electron chi connectivity index (χ1n) is 24.0. The van der Waals surface area contributed by atoms with Crippen LogP contribution in [0, 0.1) is 18.8 Å². The molecular weight excluding hydrogens is 1080 g/mol. The molecule has 6 nitrogen and oxygen atoms in total. The van der Waals surface area contributed by atoms with E-state index < -0.39 is 0 Å². The summed E-state index contributed by atoms with van der Waals surface area (Å²) in [6, 6.07) is 92.9. The topological polar surface area (TPSA) is 42.8 Å². The number of nitrogens with zero attached hydrogens (tertiary/aromatic N) is 4. The second-order valence-corrected chi connectivity index (χ2v) is 17.6. The maximum absolute atomic E-state index is 6.97. The van der Waals surface area contributed by atoms with Crippen molar-refractivity contribution in [2.45, 2.75) is 0 Å². The van der Waals surface area contributed by atoms with Crippen LogP contribution in [0.4, 0.5) is 22.7 Å². The average Bonchev–Trinajstić information content (AvgIpc) is 4.00. The van der Waals surface area contributed by atoms with Crippen LogP contribution in [-0.4, -0.2) is 9.55 Å². The van der Waals surface area contributed by atoms with Gasteiger partial charge in [-0.25, -0.2) is 4.98 Å². The molecule has 0 atom stereocenters. The summed E-state index contributed by atoms with van der Waals surface area (Å²) < 4.78 is 15.8. The Bertz CT molecular complexity index is 3800. The Morgan fingerprint density at radius 3 is 1.56 bits per heavy atom. The molecule has 1 aliphatic heterocycles. The van der Waals surface area contributed by atoms with E-state index in [9.17, 15) is 0 Å². The zero-order valence-electron chi connectivity index (χ0n) is 39.2. The Kier molecular flexibility index (Phi) is 12.2. The minimum absolute atomic E-state index is 0. The van der Waals surface area contributed by atoms with Crippen LogP contribution in [0.5, 0.6) is 23.0 Å². The van der Waals surface area contributed by atoms with E-state index in [4.69, 9.17) is 14.5 Å². The van der Waals surface area contributed by atoms with Crippen LogP contribution in [0.1, 0.15) is 0 Å². The number of anilines is 4. The van der Waals surface area contributed by atoms with Crippen LogP contribution in [0.25, 0.3) is 72.1 Å². The molecule has 13 rings (SSSR count). The van der Waals surface area contributed by atoms with Crippen molar-refractivity contribution < 1.29 is 30.5 Å². The van der Waals surface area contributed by atoms with Crippen LogP contribution in [-0.2, 0) is 21.1 Å². The van der Waals surface area contributed by atoms with Crippen molar-refractivity contribution in [3.05, 3.63) is 274 Å². The van der Waals surface area contributed by atoms with Crippen molar-refractivity contribution in [1.82, 2.24) is 9.55 Å². The van der Waals surface area contributed by atoms with Crippen molar-refractivity contribution in [1.29, 1.82) is 0 Å². The summed E-state index contributed by atoms with van der Waals surface area (Å²) >= 11 is 0. The van der Waals surface area contributed by atoms with Gasteiger partial charge in [-0.1, -0.05) is 194 Å². The summed E-state index contributed by atoms with van der Waals surface area (Å²) in [5, 5.41) is 2.11. The minimum atomic E-state index is 0. The number of pyridine rings is 1. The minimum Gasteiger partial charge on any atom is -0.509 e. The van der Waals surface area contributed by atoms with Crippen LogP contribution >= 0.6 is 0 Å². The van der Waals surface area contributed by atoms with E-state index >= 15 is 0 Å². The molecule has 0 saturated carbocycles. The largest absolute Gasteiger partial charge is 0.509 e. The van der Waals surface area contributed by atoms with Crippen LogP contribution in [0.2, 0.25) is 0 Å². The van der Waals surface area contributed by atoms with Gasteiger partial charge >= 0.3 is 0 Å². The van der Waals surface area contributed by atoms with E-state index in [1.807, 2.05) is 42.5 Å². The predicted octanol–water partition coefficient (Wildman–Crippen LogP) is 17.4. The number of benzene rings is 10. The molecule has 1 aliphatic rings.